The first-order valence-electron chi connectivity index (χ1n) is 5.61. The van der Waals surface area contributed by atoms with Crippen LogP contribution in [0, 0.1) is 5.82 Å². The fourth-order valence-electron chi connectivity index (χ4n) is 1.63. The number of nitrogens with one attached hydrogen (secondary N) is 1. The molecule has 100 valence electrons. The maximum absolute atomic E-state index is 13.3. The van der Waals surface area contributed by atoms with Crippen LogP contribution in [0.1, 0.15) is 5.56 Å². The zero-order chi connectivity index (χ0) is 13.8. The van der Waals surface area contributed by atoms with Crippen molar-refractivity contribution in [3.63, 3.8) is 0 Å². The topological polar surface area (TPSA) is 21.3 Å². The Morgan fingerprint density at radius 1 is 1.16 bits per heavy atom. The lowest BCUT2D eigenvalue weighted by Gasteiger charge is -2.10. The van der Waals surface area contributed by atoms with Crippen molar-refractivity contribution in [2.24, 2.45) is 0 Å². The van der Waals surface area contributed by atoms with E-state index in [2.05, 4.69) is 5.32 Å². The number of hydrogen-bond donors (Lipinski definition) is 1. The summed E-state index contributed by atoms with van der Waals surface area (Å²) < 4.78 is 18.2. The summed E-state index contributed by atoms with van der Waals surface area (Å²) in [6.45, 7) is 0.519. The van der Waals surface area contributed by atoms with E-state index in [1.54, 1.807) is 24.3 Å². The standard InChI is InChI=1S/C14H12Cl2FNO/c1-19-14-7-11(4-5-13(14)17)18-8-9-2-3-10(15)6-12(9)16/h2-7,18H,8H2,1H3. The van der Waals surface area contributed by atoms with Crippen molar-refractivity contribution in [1.82, 2.24) is 0 Å². The first-order valence-corrected chi connectivity index (χ1v) is 6.37. The quantitative estimate of drug-likeness (QED) is 0.879. The lowest BCUT2D eigenvalue weighted by Crippen LogP contribution is -2.01. The Hall–Kier alpha value is -1.45. The van der Waals surface area contributed by atoms with Crippen LogP contribution in [0.4, 0.5) is 10.1 Å². The molecule has 1 N–H and O–H groups in total. The van der Waals surface area contributed by atoms with Crippen LogP contribution >= 0.6 is 23.2 Å². The molecular formula is C14H12Cl2FNO. The molecule has 0 amide bonds. The molecule has 0 aliphatic heterocycles. The summed E-state index contributed by atoms with van der Waals surface area (Å²) in [5, 5.41) is 4.34. The third kappa shape index (κ3) is 3.52. The van der Waals surface area contributed by atoms with Crippen molar-refractivity contribution in [3.8, 4) is 5.75 Å². The second-order valence-corrected chi connectivity index (χ2v) is 4.78. The van der Waals surface area contributed by atoms with Crippen LogP contribution < -0.4 is 10.1 Å². The van der Waals surface area contributed by atoms with Crippen molar-refractivity contribution in [1.29, 1.82) is 0 Å². The monoisotopic (exact) mass is 299 g/mol. The molecule has 0 aromatic heterocycles. The Morgan fingerprint density at radius 3 is 2.63 bits per heavy atom. The van der Waals surface area contributed by atoms with E-state index in [0.717, 1.165) is 11.3 Å². The summed E-state index contributed by atoms with van der Waals surface area (Å²) in [7, 11) is 1.43. The first kappa shape index (κ1) is 14.0. The second-order valence-electron chi connectivity index (χ2n) is 3.94. The Bertz CT molecular complexity index is 590. The minimum absolute atomic E-state index is 0.201. The van der Waals surface area contributed by atoms with Crippen LogP contribution in [0.25, 0.3) is 0 Å². The van der Waals surface area contributed by atoms with Gasteiger partial charge in [0.2, 0.25) is 0 Å². The number of hydrogen-bond acceptors (Lipinski definition) is 2. The highest BCUT2D eigenvalue weighted by molar-refractivity contribution is 6.35. The van der Waals surface area contributed by atoms with Gasteiger partial charge in [0.25, 0.3) is 0 Å². The lowest BCUT2D eigenvalue weighted by molar-refractivity contribution is 0.387. The molecule has 0 heterocycles. The van der Waals surface area contributed by atoms with Gasteiger partial charge in [-0.15, -0.1) is 0 Å². The van der Waals surface area contributed by atoms with Gasteiger partial charge in [-0.05, 0) is 29.8 Å². The fraction of sp³-hybridized carbons (Fsp3) is 0.143. The van der Waals surface area contributed by atoms with Crippen LogP contribution in [0.2, 0.25) is 10.0 Å². The van der Waals surface area contributed by atoms with Crippen molar-refractivity contribution in [2.75, 3.05) is 12.4 Å². The van der Waals surface area contributed by atoms with E-state index in [0.29, 0.717) is 16.6 Å². The largest absolute Gasteiger partial charge is 0.494 e. The van der Waals surface area contributed by atoms with Gasteiger partial charge in [-0.25, -0.2) is 4.39 Å². The highest BCUT2D eigenvalue weighted by Gasteiger charge is 2.05. The number of benzene rings is 2. The van der Waals surface area contributed by atoms with Crippen molar-refractivity contribution in [2.45, 2.75) is 6.54 Å². The van der Waals surface area contributed by atoms with Gasteiger partial charge in [0, 0.05) is 28.3 Å². The predicted octanol–water partition coefficient (Wildman–Crippen LogP) is 4.75. The van der Waals surface area contributed by atoms with Crippen LogP contribution in [-0.4, -0.2) is 7.11 Å². The second kappa shape index (κ2) is 6.13. The third-order valence-corrected chi connectivity index (χ3v) is 3.24. The average Bonchev–Trinajstić information content (AvgIpc) is 2.39. The van der Waals surface area contributed by atoms with E-state index in [-0.39, 0.29) is 5.75 Å². The molecular weight excluding hydrogens is 288 g/mol. The summed E-state index contributed by atoms with van der Waals surface area (Å²) in [6, 6.07) is 9.89. The summed E-state index contributed by atoms with van der Waals surface area (Å²) in [4.78, 5) is 0. The van der Waals surface area contributed by atoms with Crippen molar-refractivity contribution in [3.05, 3.63) is 57.8 Å². The molecule has 0 fully saturated rings. The molecule has 19 heavy (non-hydrogen) atoms. The molecule has 2 aromatic carbocycles. The summed E-state index contributed by atoms with van der Waals surface area (Å²) in [6.07, 6.45) is 0. The predicted molar refractivity (Wildman–Crippen MR) is 76.7 cm³/mol. The van der Waals surface area contributed by atoms with E-state index < -0.39 is 5.82 Å². The maximum Gasteiger partial charge on any atom is 0.165 e. The minimum atomic E-state index is -0.391. The van der Waals surface area contributed by atoms with E-state index >= 15 is 0 Å². The van der Waals surface area contributed by atoms with E-state index in [4.69, 9.17) is 27.9 Å². The van der Waals surface area contributed by atoms with Crippen molar-refractivity contribution >= 4 is 28.9 Å². The van der Waals surface area contributed by atoms with Gasteiger partial charge in [-0.1, -0.05) is 29.3 Å². The maximum atomic E-state index is 13.3. The number of ether oxygens (including phenoxy) is 1. The smallest absolute Gasteiger partial charge is 0.165 e. The highest BCUT2D eigenvalue weighted by Crippen LogP contribution is 2.24. The van der Waals surface area contributed by atoms with Gasteiger partial charge in [0.05, 0.1) is 7.11 Å². The summed E-state index contributed by atoms with van der Waals surface area (Å²) in [5.41, 5.74) is 1.67. The molecule has 2 nitrogen and oxygen atoms in total. The SMILES string of the molecule is COc1cc(NCc2ccc(Cl)cc2Cl)ccc1F. The molecule has 0 atom stereocenters. The molecule has 0 aliphatic rings. The number of anilines is 1. The molecule has 2 aromatic rings. The minimum Gasteiger partial charge on any atom is -0.494 e. The van der Waals surface area contributed by atoms with Gasteiger partial charge in [-0.2, -0.15) is 0 Å². The number of halogens is 3. The van der Waals surface area contributed by atoms with Gasteiger partial charge in [0.15, 0.2) is 11.6 Å². The van der Waals surface area contributed by atoms with E-state index in [1.807, 2.05) is 6.07 Å². The van der Waals surface area contributed by atoms with Crippen LogP contribution in [-0.2, 0) is 6.54 Å². The molecule has 0 bridgehead atoms. The Labute approximate surface area is 121 Å². The molecule has 0 unspecified atom stereocenters. The van der Waals surface area contributed by atoms with E-state index in [9.17, 15) is 4.39 Å². The number of methoxy groups -OCH3 is 1. The number of rotatable bonds is 4. The molecule has 0 saturated carbocycles. The van der Waals surface area contributed by atoms with Crippen LogP contribution in [0.3, 0.4) is 0 Å². The molecule has 5 heteroatoms. The van der Waals surface area contributed by atoms with Gasteiger partial charge >= 0.3 is 0 Å². The lowest BCUT2D eigenvalue weighted by atomic mass is 10.2. The third-order valence-electron chi connectivity index (χ3n) is 2.65. The average molecular weight is 300 g/mol. The summed E-state index contributed by atoms with van der Waals surface area (Å²) >= 11 is 11.9. The van der Waals surface area contributed by atoms with Gasteiger partial charge in [-0.3, -0.25) is 0 Å². The first-order chi connectivity index (χ1) is 9.10. The molecule has 0 saturated heterocycles. The van der Waals surface area contributed by atoms with Crippen molar-refractivity contribution < 1.29 is 9.13 Å². The normalized spacial score (nSPS) is 10.3. The zero-order valence-electron chi connectivity index (χ0n) is 10.2. The molecule has 0 aliphatic carbocycles. The highest BCUT2D eigenvalue weighted by atomic mass is 35.5. The zero-order valence-corrected chi connectivity index (χ0v) is 11.7. The van der Waals surface area contributed by atoms with Gasteiger partial charge < -0.3 is 10.1 Å². The molecule has 0 radical (unpaired) electrons. The van der Waals surface area contributed by atoms with Gasteiger partial charge in [0.1, 0.15) is 0 Å². The Kier molecular flexibility index (Phi) is 4.51. The fourth-order valence-corrected chi connectivity index (χ4v) is 2.11. The Balaban J connectivity index is 2.10. The van der Waals surface area contributed by atoms with E-state index in [1.165, 1.54) is 13.2 Å². The molecule has 0 spiro atoms. The van der Waals surface area contributed by atoms with Crippen LogP contribution in [0.5, 0.6) is 5.75 Å². The summed E-state index contributed by atoms with van der Waals surface area (Å²) in [5.74, 6) is -0.190. The molecule has 2 rings (SSSR count). The van der Waals surface area contributed by atoms with Crippen LogP contribution in [0.15, 0.2) is 36.4 Å². The Morgan fingerprint density at radius 2 is 1.95 bits per heavy atom.